The van der Waals surface area contributed by atoms with Crippen LogP contribution in [0.4, 0.5) is 0 Å². The number of halogens is 3. The van der Waals surface area contributed by atoms with Crippen molar-refractivity contribution in [1.29, 1.82) is 0 Å². The number of hydrogen-bond acceptors (Lipinski definition) is 3. The highest BCUT2D eigenvalue weighted by Crippen LogP contribution is 2.33. The number of carbonyl (C=O) groups is 2. The maximum Gasteiger partial charge on any atom is 0.278 e. The second kappa shape index (κ2) is 9.86. The highest BCUT2D eigenvalue weighted by Gasteiger charge is 2.25. The van der Waals surface area contributed by atoms with Crippen molar-refractivity contribution in [2.24, 2.45) is 5.92 Å². The Balaban J connectivity index is 2.13. The minimum Gasteiger partial charge on any atom is -0.296 e. The van der Waals surface area contributed by atoms with Gasteiger partial charge in [-0.1, -0.05) is 48.7 Å². The van der Waals surface area contributed by atoms with Gasteiger partial charge in [-0.3, -0.25) is 19.5 Å². The van der Waals surface area contributed by atoms with Crippen LogP contribution >= 0.6 is 34.8 Å². The zero-order valence-corrected chi connectivity index (χ0v) is 19.6. The third-order valence-corrected chi connectivity index (χ3v) is 5.97. The van der Waals surface area contributed by atoms with Crippen molar-refractivity contribution in [3.05, 3.63) is 68.9 Å². The Morgan fingerprint density at radius 2 is 1.61 bits per heavy atom. The quantitative estimate of drug-likeness (QED) is 0.440. The van der Waals surface area contributed by atoms with E-state index in [-0.39, 0.29) is 17.5 Å². The van der Waals surface area contributed by atoms with Crippen LogP contribution in [0, 0.1) is 12.8 Å². The van der Waals surface area contributed by atoms with Crippen LogP contribution in [-0.2, 0) is 4.79 Å². The second-order valence-corrected chi connectivity index (χ2v) is 8.42. The van der Waals surface area contributed by atoms with Gasteiger partial charge in [-0.05, 0) is 62.2 Å². The van der Waals surface area contributed by atoms with E-state index in [0.717, 1.165) is 5.69 Å². The van der Waals surface area contributed by atoms with Crippen molar-refractivity contribution in [2.75, 3.05) is 0 Å². The zero-order chi connectivity index (χ0) is 22.7. The molecule has 8 heteroatoms. The average Bonchev–Trinajstić information content (AvgIpc) is 3.06. The number of carbonyl (C=O) groups excluding carboxylic acids is 2. The summed E-state index contributed by atoms with van der Waals surface area (Å²) in [5, 5.41) is 3.96. The Labute approximate surface area is 196 Å². The lowest BCUT2D eigenvalue weighted by atomic mass is 10.0. The van der Waals surface area contributed by atoms with Crippen molar-refractivity contribution in [1.82, 2.24) is 14.9 Å². The monoisotopic (exact) mass is 477 g/mol. The molecule has 0 aliphatic rings. The molecule has 0 radical (unpaired) electrons. The number of imidazole rings is 1. The molecule has 3 aromatic rings. The summed E-state index contributed by atoms with van der Waals surface area (Å²) in [7, 11) is 0. The lowest BCUT2D eigenvalue weighted by Gasteiger charge is -2.12. The van der Waals surface area contributed by atoms with Crippen LogP contribution in [0.25, 0.3) is 17.1 Å². The van der Waals surface area contributed by atoms with Crippen molar-refractivity contribution in [3.8, 4) is 17.1 Å². The van der Waals surface area contributed by atoms with Crippen molar-refractivity contribution < 1.29 is 9.59 Å². The Bertz CT molecular complexity index is 1120. The molecule has 0 atom stereocenters. The number of imide groups is 1. The van der Waals surface area contributed by atoms with Crippen molar-refractivity contribution >= 4 is 46.6 Å². The number of benzene rings is 2. The molecular formula is C23H22Cl3N3O2. The van der Waals surface area contributed by atoms with Gasteiger partial charge in [0.1, 0.15) is 5.82 Å². The van der Waals surface area contributed by atoms with Gasteiger partial charge in [-0.15, -0.1) is 0 Å². The zero-order valence-electron chi connectivity index (χ0n) is 17.4. The fraction of sp³-hybridized carbons (Fsp3) is 0.261. The fourth-order valence-corrected chi connectivity index (χ4v) is 4.03. The van der Waals surface area contributed by atoms with Gasteiger partial charge in [0.05, 0.1) is 10.7 Å². The Morgan fingerprint density at radius 1 is 1.00 bits per heavy atom. The first-order valence-electron chi connectivity index (χ1n) is 9.92. The molecule has 0 bridgehead atoms. The summed E-state index contributed by atoms with van der Waals surface area (Å²) >= 11 is 18.5. The predicted octanol–water partition coefficient (Wildman–Crippen LogP) is 6.50. The van der Waals surface area contributed by atoms with E-state index < -0.39 is 5.91 Å². The number of nitrogens with zero attached hydrogens (tertiary/aromatic N) is 2. The Morgan fingerprint density at radius 3 is 2.19 bits per heavy atom. The van der Waals surface area contributed by atoms with Crippen LogP contribution in [0.3, 0.4) is 0 Å². The van der Waals surface area contributed by atoms with Gasteiger partial charge in [0.15, 0.2) is 5.69 Å². The molecule has 0 aliphatic heterocycles. The van der Waals surface area contributed by atoms with Gasteiger partial charge in [-0.2, -0.15) is 0 Å². The number of amides is 2. The minimum absolute atomic E-state index is 0.148. The van der Waals surface area contributed by atoms with Crippen molar-refractivity contribution in [2.45, 2.75) is 33.6 Å². The topological polar surface area (TPSA) is 64.0 Å². The third-order valence-electron chi connectivity index (χ3n) is 5.17. The smallest absolute Gasteiger partial charge is 0.278 e. The highest BCUT2D eigenvalue weighted by atomic mass is 35.5. The molecule has 5 nitrogen and oxygen atoms in total. The molecule has 1 N–H and O–H groups in total. The van der Waals surface area contributed by atoms with E-state index in [4.69, 9.17) is 34.8 Å². The molecular weight excluding hydrogens is 457 g/mol. The molecule has 0 aliphatic carbocycles. The van der Waals surface area contributed by atoms with Gasteiger partial charge in [0.25, 0.3) is 5.91 Å². The summed E-state index contributed by atoms with van der Waals surface area (Å²) < 4.78 is 1.81. The Hall–Kier alpha value is -2.34. The molecule has 0 fully saturated rings. The maximum atomic E-state index is 13.0. The highest BCUT2D eigenvalue weighted by molar-refractivity contribution is 6.36. The van der Waals surface area contributed by atoms with Crippen LogP contribution in [0.2, 0.25) is 15.1 Å². The molecule has 2 amide bonds. The molecule has 0 unspecified atom stereocenters. The van der Waals surface area contributed by atoms with Gasteiger partial charge >= 0.3 is 0 Å². The van der Waals surface area contributed by atoms with E-state index in [1.807, 2.05) is 30.5 Å². The molecule has 0 spiro atoms. The van der Waals surface area contributed by atoms with Crippen LogP contribution in [0.5, 0.6) is 0 Å². The third kappa shape index (κ3) is 4.95. The summed E-state index contributed by atoms with van der Waals surface area (Å²) in [6.45, 7) is 5.60. The van der Waals surface area contributed by atoms with Gasteiger partial charge in [0, 0.05) is 27.2 Å². The molecule has 0 saturated carbocycles. The predicted molar refractivity (Wildman–Crippen MR) is 125 cm³/mol. The van der Waals surface area contributed by atoms with Gasteiger partial charge < -0.3 is 0 Å². The maximum absolute atomic E-state index is 13.0. The summed E-state index contributed by atoms with van der Waals surface area (Å²) in [6, 6.07) is 12.2. The van der Waals surface area contributed by atoms with E-state index >= 15 is 0 Å². The summed E-state index contributed by atoms with van der Waals surface area (Å²) in [6.07, 6.45) is 1.30. The van der Waals surface area contributed by atoms with Gasteiger partial charge in [-0.25, -0.2) is 4.98 Å². The summed E-state index contributed by atoms with van der Waals surface area (Å²) in [5.74, 6) is -0.621. The number of nitrogens with one attached hydrogen (secondary N) is 1. The lowest BCUT2D eigenvalue weighted by Crippen LogP contribution is -2.35. The lowest BCUT2D eigenvalue weighted by molar-refractivity contribution is -0.124. The molecule has 1 aromatic heterocycles. The van der Waals surface area contributed by atoms with E-state index in [0.29, 0.717) is 45.0 Å². The van der Waals surface area contributed by atoms with Crippen molar-refractivity contribution in [3.63, 3.8) is 0 Å². The summed E-state index contributed by atoms with van der Waals surface area (Å²) in [5.41, 5.74) is 2.07. The molecule has 31 heavy (non-hydrogen) atoms. The van der Waals surface area contributed by atoms with Gasteiger partial charge in [0.2, 0.25) is 5.91 Å². The van der Waals surface area contributed by atoms with E-state index in [2.05, 4.69) is 10.3 Å². The van der Waals surface area contributed by atoms with E-state index in [9.17, 15) is 9.59 Å². The fourth-order valence-electron chi connectivity index (χ4n) is 3.41. The standard InChI is InChI=1S/C23H22Cl3N3O2/c1-4-14(5-2)22(30)28-23(31)20-13(3)29(17-9-6-15(24)7-10-17)21(27-20)18-11-8-16(25)12-19(18)26/h6-12,14H,4-5H2,1-3H3,(H,28,30,31). The number of rotatable bonds is 6. The first-order chi connectivity index (χ1) is 14.8. The largest absolute Gasteiger partial charge is 0.296 e. The average molecular weight is 479 g/mol. The van der Waals surface area contributed by atoms with Crippen LogP contribution < -0.4 is 5.32 Å². The number of hydrogen-bond donors (Lipinski definition) is 1. The molecule has 1 heterocycles. The second-order valence-electron chi connectivity index (χ2n) is 7.14. The van der Waals surface area contributed by atoms with E-state index in [1.165, 1.54) is 0 Å². The molecule has 2 aromatic carbocycles. The molecule has 3 rings (SSSR count). The molecule has 0 saturated heterocycles. The SMILES string of the molecule is CCC(CC)C(=O)NC(=O)c1nc(-c2ccc(Cl)cc2Cl)n(-c2ccc(Cl)cc2)c1C. The van der Waals surface area contributed by atoms with E-state index in [1.54, 1.807) is 37.3 Å². The molecule has 162 valence electrons. The van der Waals surface area contributed by atoms with Crippen LogP contribution in [-0.4, -0.2) is 21.4 Å². The number of aromatic nitrogens is 2. The minimum atomic E-state index is -0.548. The Kier molecular flexibility index (Phi) is 7.42. The normalized spacial score (nSPS) is 11.1. The first-order valence-corrected chi connectivity index (χ1v) is 11.1. The first kappa shape index (κ1) is 23.3. The van der Waals surface area contributed by atoms with Crippen LogP contribution in [0.15, 0.2) is 42.5 Å². The van der Waals surface area contributed by atoms with Crippen LogP contribution in [0.1, 0.15) is 42.9 Å². The summed E-state index contributed by atoms with van der Waals surface area (Å²) in [4.78, 5) is 30.0.